The molecule has 0 saturated carbocycles. The molecule has 0 radical (unpaired) electrons. The number of nitrogens with zero attached hydrogens (tertiary/aromatic N) is 1. The van der Waals surface area contributed by atoms with Gasteiger partial charge in [-0.15, -0.1) is 0 Å². The molecule has 0 aliphatic heterocycles. The fourth-order valence-electron chi connectivity index (χ4n) is 1.95. The number of rotatable bonds is 9. The average Bonchev–Trinajstić information content (AvgIpc) is 2.32. The Morgan fingerprint density at radius 3 is 2.32 bits per heavy atom. The van der Waals surface area contributed by atoms with Gasteiger partial charge in [-0.05, 0) is 40.3 Å². The Bertz CT molecular complexity index is 249. The highest BCUT2D eigenvalue weighted by atomic mass is 19.4. The molecule has 0 aliphatic rings. The molecule has 19 heavy (non-hydrogen) atoms. The molecule has 116 valence electrons. The van der Waals surface area contributed by atoms with Gasteiger partial charge < -0.3 is 15.3 Å². The third-order valence-electron chi connectivity index (χ3n) is 3.40. The lowest BCUT2D eigenvalue weighted by molar-refractivity contribution is -0.138. The second-order valence-electron chi connectivity index (χ2n) is 5.54. The van der Waals surface area contributed by atoms with Crippen molar-refractivity contribution < 1.29 is 18.3 Å². The van der Waals surface area contributed by atoms with Crippen LogP contribution in [0.4, 0.5) is 13.2 Å². The Balaban J connectivity index is 4.27. The van der Waals surface area contributed by atoms with Crippen molar-refractivity contribution in [1.29, 1.82) is 0 Å². The molecule has 0 bridgehead atoms. The van der Waals surface area contributed by atoms with E-state index < -0.39 is 18.1 Å². The maximum Gasteiger partial charge on any atom is 0.390 e. The topological polar surface area (TPSA) is 35.5 Å². The second kappa shape index (κ2) is 8.07. The predicted molar refractivity (Wildman–Crippen MR) is 71.2 cm³/mol. The maximum atomic E-state index is 12.2. The van der Waals surface area contributed by atoms with Crippen LogP contribution in [0.15, 0.2) is 0 Å². The molecule has 6 heteroatoms. The summed E-state index contributed by atoms with van der Waals surface area (Å²) in [7, 11) is 1.69. The first-order chi connectivity index (χ1) is 8.63. The van der Waals surface area contributed by atoms with Crippen molar-refractivity contribution in [2.45, 2.75) is 57.8 Å². The van der Waals surface area contributed by atoms with Crippen molar-refractivity contribution in [2.24, 2.45) is 0 Å². The molecule has 0 aromatic rings. The van der Waals surface area contributed by atoms with Crippen molar-refractivity contribution in [1.82, 2.24) is 10.2 Å². The predicted octanol–water partition coefficient (Wildman–Crippen LogP) is 2.40. The van der Waals surface area contributed by atoms with Crippen molar-refractivity contribution in [3.8, 4) is 0 Å². The van der Waals surface area contributed by atoms with Crippen LogP contribution in [0.3, 0.4) is 0 Å². The third-order valence-corrected chi connectivity index (χ3v) is 3.40. The SMILES string of the molecule is CCCNC(C)(CO)CC(C)N(C)CCC(F)(F)F. The summed E-state index contributed by atoms with van der Waals surface area (Å²) in [6, 6.07) is -0.0242. The molecule has 2 unspecified atom stereocenters. The van der Waals surface area contributed by atoms with Crippen molar-refractivity contribution in [3.05, 3.63) is 0 Å². The standard InChI is InChI=1S/C13H27F3N2O/c1-5-7-17-12(3,10-19)9-11(2)18(4)8-6-13(14,15)16/h11,17,19H,5-10H2,1-4H3. The minimum absolute atomic E-state index is 0.0139. The van der Waals surface area contributed by atoms with Crippen molar-refractivity contribution >= 4 is 0 Å². The van der Waals surface area contributed by atoms with E-state index in [1.54, 1.807) is 11.9 Å². The lowest BCUT2D eigenvalue weighted by Gasteiger charge is -2.35. The summed E-state index contributed by atoms with van der Waals surface area (Å²) in [6.45, 7) is 6.57. The quantitative estimate of drug-likeness (QED) is 0.682. The summed E-state index contributed by atoms with van der Waals surface area (Å²) in [5.41, 5.74) is -0.443. The number of nitrogens with one attached hydrogen (secondary N) is 1. The Kier molecular flexibility index (Phi) is 7.93. The van der Waals surface area contributed by atoms with Crippen molar-refractivity contribution in [3.63, 3.8) is 0 Å². The number of aliphatic hydroxyl groups is 1. The molecule has 0 aromatic carbocycles. The molecule has 0 spiro atoms. The van der Waals surface area contributed by atoms with Gasteiger partial charge in [0, 0.05) is 18.1 Å². The normalized spacial score (nSPS) is 17.5. The Morgan fingerprint density at radius 2 is 1.89 bits per heavy atom. The summed E-state index contributed by atoms with van der Waals surface area (Å²) in [6.07, 6.45) is -3.35. The molecule has 3 nitrogen and oxygen atoms in total. The molecule has 0 fully saturated rings. The molecular weight excluding hydrogens is 257 g/mol. The lowest BCUT2D eigenvalue weighted by atomic mass is 9.93. The number of hydrogen-bond acceptors (Lipinski definition) is 3. The van der Waals surface area contributed by atoms with E-state index in [1.165, 1.54) is 0 Å². The van der Waals surface area contributed by atoms with Crippen LogP contribution >= 0.6 is 0 Å². The smallest absolute Gasteiger partial charge is 0.390 e. The van der Waals surface area contributed by atoms with Gasteiger partial charge in [-0.3, -0.25) is 0 Å². The molecule has 2 N–H and O–H groups in total. The highest BCUT2D eigenvalue weighted by Gasteiger charge is 2.30. The molecule has 0 aromatic heterocycles. The van der Waals surface area contributed by atoms with Gasteiger partial charge in [0.05, 0.1) is 13.0 Å². The molecule has 0 saturated heterocycles. The number of hydrogen-bond donors (Lipinski definition) is 2. The number of halogens is 3. The van der Waals surface area contributed by atoms with Crippen molar-refractivity contribution in [2.75, 3.05) is 26.7 Å². The fraction of sp³-hybridized carbons (Fsp3) is 1.00. The van der Waals surface area contributed by atoms with Crippen LogP contribution < -0.4 is 5.32 Å². The minimum atomic E-state index is -4.12. The first-order valence-corrected chi connectivity index (χ1v) is 6.76. The Labute approximate surface area is 114 Å². The van der Waals surface area contributed by atoms with E-state index >= 15 is 0 Å². The zero-order valence-electron chi connectivity index (χ0n) is 12.3. The largest absolute Gasteiger partial charge is 0.394 e. The van der Waals surface area contributed by atoms with Gasteiger partial charge in [-0.1, -0.05) is 6.92 Å². The summed E-state index contributed by atoms with van der Waals surface area (Å²) in [5.74, 6) is 0. The first kappa shape index (κ1) is 18.7. The zero-order chi connectivity index (χ0) is 15.1. The second-order valence-corrected chi connectivity index (χ2v) is 5.54. The van der Waals surface area contributed by atoms with Crippen LogP contribution in [-0.4, -0.2) is 54.5 Å². The van der Waals surface area contributed by atoms with E-state index in [2.05, 4.69) is 5.32 Å². The van der Waals surface area contributed by atoms with E-state index in [-0.39, 0.29) is 19.2 Å². The molecule has 0 amide bonds. The molecule has 0 rings (SSSR count). The van der Waals surface area contributed by atoms with Gasteiger partial charge >= 0.3 is 6.18 Å². The molecule has 0 aliphatic carbocycles. The first-order valence-electron chi connectivity index (χ1n) is 6.76. The van der Waals surface area contributed by atoms with E-state index in [4.69, 9.17) is 0 Å². The van der Waals surface area contributed by atoms with Gasteiger partial charge in [0.1, 0.15) is 0 Å². The highest BCUT2D eigenvalue weighted by molar-refractivity contribution is 4.86. The van der Waals surface area contributed by atoms with Gasteiger partial charge in [0.15, 0.2) is 0 Å². The van der Waals surface area contributed by atoms with Gasteiger partial charge in [0.2, 0.25) is 0 Å². The van der Waals surface area contributed by atoms with Crippen LogP contribution in [0.5, 0.6) is 0 Å². The highest BCUT2D eigenvalue weighted by Crippen LogP contribution is 2.21. The van der Waals surface area contributed by atoms with Crippen LogP contribution in [0.2, 0.25) is 0 Å². The minimum Gasteiger partial charge on any atom is -0.394 e. The monoisotopic (exact) mass is 284 g/mol. The van der Waals surface area contributed by atoms with Gasteiger partial charge in [0.25, 0.3) is 0 Å². The summed E-state index contributed by atoms with van der Waals surface area (Å²) in [5, 5.41) is 12.7. The third kappa shape index (κ3) is 8.44. The van der Waals surface area contributed by atoms with Crippen LogP contribution in [-0.2, 0) is 0 Å². The van der Waals surface area contributed by atoms with Crippen LogP contribution in [0.25, 0.3) is 0 Å². The molecule has 0 heterocycles. The van der Waals surface area contributed by atoms with Crippen LogP contribution in [0.1, 0.15) is 40.0 Å². The number of aliphatic hydroxyl groups excluding tert-OH is 1. The van der Waals surface area contributed by atoms with E-state index in [0.29, 0.717) is 6.42 Å². The van der Waals surface area contributed by atoms with Gasteiger partial charge in [-0.25, -0.2) is 0 Å². The summed E-state index contributed by atoms with van der Waals surface area (Å²) < 4.78 is 36.5. The zero-order valence-corrected chi connectivity index (χ0v) is 12.3. The molecular formula is C13H27F3N2O. The van der Waals surface area contributed by atoms with E-state index in [1.807, 2.05) is 20.8 Å². The van der Waals surface area contributed by atoms with E-state index in [9.17, 15) is 18.3 Å². The number of alkyl halides is 3. The molecule has 2 atom stereocenters. The van der Waals surface area contributed by atoms with Gasteiger partial charge in [-0.2, -0.15) is 13.2 Å². The maximum absolute atomic E-state index is 12.2. The summed E-state index contributed by atoms with van der Waals surface area (Å²) >= 11 is 0. The summed E-state index contributed by atoms with van der Waals surface area (Å²) in [4.78, 5) is 1.69. The van der Waals surface area contributed by atoms with E-state index in [0.717, 1.165) is 13.0 Å². The Hall–Kier alpha value is -0.330. The fourth-order valence-corrected chi connectivity index (χ4v) is 1.95. The lowest BCUT2D eigenvalue weighted by Crippen LogP contribution is -2.50. The Morgan fingerprint density at radius 1 is 1.32 bits per heavy atom. The average molecular weight is 284 g/mol. The van der Waals surface area contributed by atoms with Crippen LogP contribution in [0, 0.1) is 0 Å².